The first kappa shape index (κ1) is 25.0. The Bertz CT molecular complexity index is 558. The molecule has 0 aromatic heterocycles. The maximum Gasteiger partial charge on any atom is 0.191 e. The van der Waals surface area contributed by atoms with E-state index in [9.17, 15) is 0 Å². The van der Waals surface area contributed by atoms with Crippen molar-refractivity contribution in [1.29, 1.82) is 0 Å². The van der Waals surface area contributed by atoms with E-state index in [1.165, 1.54) is 31.7 Å². The summed E-state index contributed by atoms with van der Waals surface area (Å²) in [5, 5.41) is 6.68. The molecule has 2 N–H and O–H groups in total. The van der Waals surface area contributed by atoms with Gasteiger partial charge in [0.1, 0.15) is 12.4 Å². The fourth-order valence-corrected chi connectivity index (χ4v) is 3.09. The van der Waals surface area contributed by atoms with E-state index in [-0.39, 0.29) is 24.0 Å². The summed E-state index contributed by atoms with van der Waals surface area (Å²) in [5.41, 5.74) is 1.24. The van der Waals surface area contributed by atoms with Crippen molar-refractivity contribution in [1.82, 2.24) is 20.4 Å². The summed E-state index contributed by atoms with van der Waals surface area (Å²) in [6.45, 7) is 15.3. The minimum Gasteiger partial charge on any atom is -0.492 e. The molecule has 2 rings (SSSR count). The summed E-state index contributed by atoms with van der Waals surface area (Å²) < 4.78 is 5.77. The van der Waals surface area contributed by atoms with Crippen LogP contribution in [0.5, 0.6) is 5.75 Å². The van der Waals surface area contributed by atoms with E-state index in [1.54, 1.807) is 0 Å². The second-order valence-electron chi connectivity index (χ2n) is 7.52. The number of nitrogens with one attached hydrogen (secondary N) is 2. The van der Waals surface area contributed by atoms with Gasteiger partial charge in [-0.3, -0.25) is 4.99 Å². The first-order valence-electron chi connectivity index (χ1n) is 10.2. The van der Waals surface area contributed by atoms with Crippen molar-refractivity contribution in [3.8, 4) is 5.75 Å². The van der Waals surface area contributed by atoms with Crippen molar-refractivity contribution in [3.05, 3.63) is 29.8 Å². The second-order valence-corrected chi connectivity index (χ2v) is 7.52. The third-order valence-corrected chi connectivity index (χ3v) is 4.76. The lowest BCUT2D eigenvalue weighted by Gasteiger charge is -2.33. The highest BCUT2D eigenvalue weighted by atomic mass is 127. The van der Waals surface area contributed by atoms with Gasteiger partial charge in [0.15, 0.2) is 5.96 Å². The van der Waals surface area contributed by atoms with Gasteiger partial charge in [-0.25, -0.2) is 0 Å². The normalized spacial score (nSPS) is 16.9. The minimum atomic E-state index is 0. The van der Waals surface area contributed by atoms with Crippen molar-refractivity contribution < 1.29 is 4.74 Å². The number of piperazine rings is 1. The van der Waals surface area contributed by atoms with Crippen LogP contribution < -0.4 is 15.4 Å². The van der Waals surface area contributed by atoms with Crippen molar-refractivity contribution in [2.75, 3.05) is 66.0 Å². The van der Waals surface area contributed by atoms with Gasteiger partial charge in [0, 0.05) is 45.8 Å². The molecule has 0 aliphatic carbocycles. The molecule has 1 aromatic rings. The Balaban J connectivity index is 0.00000392. The first-order chi connectivity index (χ1) is 13.1. The Morgan fingerprint density at radius 3 is 2.46 bits per heavy atom. The minimum absolute atomic E-state index is 0. The predicted molar refractivity (Wildman–Crippen MR) is 129 cm³/mol. The molecule has 1 aliphatic rings. The van der Waals surface area contributed by atoms with E-state index >= 15 is 0 Å². The summed E-state index contributed by atoms with van der Waals surface area (Å²) in [5.74, 6) is 2.33. The van der Waals surface area contributed by atoms with Gasteiger partial charge in [0.2, 0.25) is 0 Å². The molecule has 1 aromatic carbocycles. The zero-order valence-electron chi connectivity index (χ0n) is 17.9. The van der Waals surface area contributed by atoms with Gasteiger partial charge in [-0.15, -0.1) is 24.0 Å². The molecule has 1 saturated heterocycles. The predicted octanol–water partition coefficient (Wildman–Crippen LogP) is 2.43. The molecule has 1 heterocycles. The summed E-state index contributed by atoms with van der Waals surface area (Å²) in [7, 11) is 2.20. The van der Waals surface area contributed by atoms with Gasteiger partial charge in [0.25, 0.3) is 0 Å². The molecule has 1 unspecified atom stereocenters. The summed E-state index contributed by atoms with van der Waals surface area (Å²) in [6, 6.07) is 8.15. The van der Waals surface area contributed by atoms with Crippen LogP contribution in [0.3, 0.4) is 0 Å². The number of hydrogen-bond acceptors (Lipinski definition) is 4. The van der Waals surface area contributed by atoms with E-state index in [0.29, 0.717) is 12.5 Å². The number of hydrogen-bond donors (Lipinski definition) is 2. The average molecular weight is 503 g/mol. The lowest BCUT2D eigenvalue weighted by atomic mass is 10.1. The van der Waals surface area contributed by atoms with Gasteiger partial charge in [0.05, 0.1) is 6.54 Å². The average Bonchev–Trinajstić information content (AvgIpc) is 2.66. The maximum absolute atomic E-state index is 5.77. The van der Waals surface area contributed by atoms with E-state index in [1.807, 2.05) is 12.1 Å². The highest BCUT2D eigenvalue weighted by Gasteiger charge is 2.15. The lowest BCUT2D eigenvalue weighted by Crippen LogP contribution is -2.46. The Morgan fingerprint density at radius 1 is 1.14 bits per heavy atom. The molecule has 0 spiro atoms. The topological polar surface area (TPSA) is 52.1 Å². The van der Waals surface area contributed by atoms with E-state index < -0.39 is 0 Å². The third-order valence-electron chi connectivity index (χ3n) is 4.76. The van der Waals surface area contributed by atoms with Gasteiger partial charge in [-0.1, -0.05) is 24.6 Å². The maximum atomic E-state index is 5.77. The number of ether oxygens (including phenoxy) is 1. The standard InChI is InChI=1S/C21H37N5O.HI/c1-5-22-21(23-10-15-27-20-8-6-18(2)7-9-20)24-16-19(3)17-26-13-11-25(4)12-14-26;/h6-9,19H,5,10-17H2,1-4H3,(H2,22,23,24);1H. The molecule has 7 heteroatoms. The number of benzene rings is 1. The number of aliphatic imine (C=N–C) groups is 1. The van der Waals surface area contributed by atoms with Gasteiger partial charge < -0.3 is 25.2 Å². The smallest absolute Gasteiger partial charge is 0.191 e. The molecule has 6 nitrogen and oxygen atoms in total. The molecule has 1 aliphatic heterocycles. The van der Waals surface area contributed by atoms with Crippen LogP contribution in [0.25, 0.3) is 0 Å². The third kappa shape index (κ3) is 9.93. The van der Waals surface area contributed by atoms with Crippen LogP contribution >= 0.6 is 24.0 Å². The second kappa shape index (κ2) is 14.0. The quantitative estimate of drug-likeness (QED) is 0.235. The molecule has 1 atom stereocenters. The van der Waals surface area contributed by atoms with Crippen molar-refractivity contribution in [3.63, 3.8) is 0 Å². The van der Waals surface area contributed by atoms with Crippen LogP contribution in [0.2, 0.25) is 0 Å². The molecular weight excluding hydrogens is 465 g/mol. The Labute approximate surface area is 188 Å². The number of aryl methyl sites for hydroxylation is 1. The van der Waals surface area contributed by atoms with Crippen LogP contribution in [-0.2, 0) is 0 Å². The molecule has 0 bridgehead atoms. The largest absolute Gasteiger partial charge is 0.492 e. The van der Waals surface area contributed by atoms with Crippen molar-refractivity contribution >= 4 is 29.9 Å². The number of nitrogens with zero attached hydrogens (tertiary/aromatic N) is 3. The van der Waals surface area contributed by atoms with E-state index in [0.717, 1.165) is 37.9 Å². The summed E-state index contributed by atoms with van der Waals surface area (Å²) in [6.07, 6.45) is 0. The summed E-state index contributed by atoms with van der Waals surface area (Å²) in [4.78, 5) is 9.70. The Morgan fingerprint density at radius 2 is 1.82 bits per heavy atom. The zero-order valence-corrected chi connectivity index (χ0v) is 20.2. The Kier molecular flexibility index (Phi) is 12.5. The van der Waals surface area contributed by atoms with Gasteiger partial charge >= 0.3 is 0 Å². The molecule has 160 valence electrons. The summed E-state index contributed by atoms with van der Waals surface area (Å²) >= 11 is 0. The van der Waals surface area contributed by atoms with E-state index in [2.05, 4.69) is 60.4 Å². The van der Waals surface area contributed by atoms with Crippen LogP contribution in [0, 0.1) is 12.8 Å². The molecule has 0 radical (unpaired) electrons. The molecular formula is C21H38IN5O. The van der Waals surface area contributed by atoms with Crippen LogP contribution in [-0.4, -0.2) is 81.8 Å². The highest BCUT2D eigenvalue weighted by Crippen LogP contribution is 2.10. The fraction of sp³-hybridized carbons (Fsp3) is 0.667. The van der Waals surface area contributed by atoms with Crippen LogP contribution in [0.1, 0.15) is 19.4 Å². The number of guanidine groups is 1. The van der Waals surface area contributed by atoms with Gasteiger partial charge in [-0.2, -0.15) is 0 Å². The fourth-order valence-electron chi connectivity index (χ4n) is 3.09. The first-order valence-corrected chi connectivity index (χ1v) is 10.2. The highest BCUT2D eigenvalue weighted by molar-refractivity contribution is 14.0. The molecule has 1 fully saturated rings. The van der Waals surface area contributed by atoms with Crippen molar-refractivity contribution in [2.24, 2.45) is 10.9 Å². The van der Waals surface area contributed by atoms with Gasteiger partial charge in [-0.05, 0) is 38.9 Å². The molecule has 0 saturated carbocycles. The number of likely N-dealkylation sites (N-methyl/N-ethyl adjacent to an activating group) is 1. The SMILES string of the molecule is CCNC(=NCC(C)CN1CCN(C)CC1)NCCOc1ccc(C)cc1.I. The van der Waals surface area contributed by atoms with Crippen molar-refractivity contribution in [2.45, 2.75) is 20.8 Å². The molecule has 0 amide bonds. The number of rotatable bonds is 9. The van der Waals surface area contributed by atoms with Crippen LogP contribution in [0.15, 0.2) is 29.3 Å². The van der Waals surface area contributed by atoms with E-state index in [4.69, 9.17) is 9.73 Å². The number of halogens is 1. The monoisotopic (exact) mass is 503 g/mol. The molecule has 28 heavy (non-hydrogen) atoms. The zero-order chi connectivity index (χ0) is 19.5. The lowest BCUT2D eigenvalue weighted by molar-refractivity contribution is 0.140. The van der Waals surface area contributed by atoms with Crippen LogP contribution in [0.4, 0.5) is 0 Å². The Hall–Kier alpha value is -1.06.